The van der Waals surface area contributed by atoms with E-state index >= 15 is 0 Å². The summed E-state index contributed by atoms with van der Waals surface area (Å²) in [6.07, 6.45) is 3.29. The van der Waals surface area contributed by atoms with E-state index in [-0.39, 0.29) is 6.04 Å². The van der Waals surface area contributed by atoms with Gasteiger partial charge < -0.3 is 5.32 Å². The van der Waals surface area contributed by atoms with Crippen molar-refractivity contribution in [3.8, 4) is 0 Å². The number of hydrogen-bond donors (Lipinski definition) is 2. The standard InChI is InChI=1S/C15H23BrN2O2S/c1-3-8-17-10-12-4-7-14(16)15(9-12)21(19,20)18-11(2)13-5-6-13/h4,7,9,11,13,17-18H,3,5-6,8,10H2,1-2H3. The molecule has 1 aromatic rings. The van der Waals surface area contributed by atoms with Crippen LogP contribution >= 0.6 is 15.9 Å². The van der Waals surface area contributed by atoms with Crippen molar-refractivity contribution < 1.29 is 8.42 Å². The molecule has 1 fully saturated rings. The van der Waals surface area contributed by atoms with Crippen molar-refractivity contribution in [1.29, 1.82) is 0 Å². The predicted molar refractivity (Wildman–Crippen MR) is 88.6 cm³/mol. The Labute approximate surface area is 135 Å². The van der Waals surface area contributed by atoms with E-state index in [2.05, 4.69) is 32.9 Å². The number of sulfonamides is 1. The van der Waals surface area contributed by atoms with Crippen molar-refractivity contribution in [3.05, 3.63) is 28.2 Å². The molecule has 4 nitrogen and oxygen atoms in total. The van der Waals surface area contributed by atoms with E-state index in [1.807, 2.05) is 13.0 Å². The fourth-order valence-corrected chi connectivity index (χ4v) is 4.60. The van der Waals surface area contributed by atoms with Crippen LogP contribution in [-0.4, -0.2) is 21.0 Å². The number of rotatable bonds is 8. The Morgan fingerprint density at radius 3 is 2.71 bits per heavy atom. The van der Waals surface area contributed by atoms with Gasteiger partial charge in [0, 0.05) is 17.1 Å². The quantitative estimate of drug-likeness (QED) is 0.687. The minimum Gasteiger partial charge on any atom is -0.313 e. The molecule has 0 saturated heterocycles. The summed E-state index contributed by atoms with van der Waals surface area (Å²) >= 11 is 3.35. The Bertz CT molecular complexity index is 585. The van der Waals surface area contributed by atoms with E-state index < -0.39 is 10.0 Å². The van der Waals surface area contributed by atoms with Crippen molar-refractivity contribution in [2.45, 2.75) is 50.6 Å². The first kappa shape index (κ1) is 16.9. The predicted octanol–water partition coefficient (Wildman–Crippen LogP) is 3.03. The molecule has 1 unspecified atom stereocenters. The van der Waals surface area contributed by atoms with Gasteiger partial charge in [0.2, 0.25) is 10.0 Å². The molecule has 0 amide bonds. The van der Waals surface area contributed by atoms with Gasteiger partial charge in [-0.1, -0.05) is 13.0 Å². The molecular weight excluding hydrogens is 352 g/mol. The normalized spacial score (nSPS) is 16.9. The highest BCUT2D eigenvalue weighted by Gasteiger charge is 2.31. The van der Waals surface area contributed by atoms with Crippen LogP contribution in [0.25, 0.3) is 0 Å². The maximum atomic E-state index is 12.5. The monoisotopic (exact) mass is 374 g/mol. The van der Waals surface area contributed by atoms with Gasteiger partial charge in [0.15, 0.2) is 0 Å². The minimum absolute atomic E-state index is 0.00349. The zero-order chi connectivity index (χ0) is 15.5. The van der Waals surface area contributed by atoms with Gasteiger partial charge >= 0.3 is 0 Å². The summed E-state index contributed by atoms with van der Waals surface area (Å²) in [5.74, 6) is 0.493. The molecule has 0 heterocycles. The third-order valence-electron chi connectivity index (χ3n) is 3.71. The zero-order valence-corrected chi connectivity index (χ0v) is 14.9. The Balaban J connectivity index is 2.14. The highest BCUT2D eigenvalue weighted by molar-refractivity contribution is 9.10. The molecule has 0 spiro atoms. The van der Waals surface area contributed by atoms with Gasteiger partial charge in [-0.15, -0.1) is 0 Å². The van der Waals surface area contributed by atoms with Crippen molar-refractivity contribution in [1.82, 2.24) is 10.0 Å². The van der Waals surface area contributed by atoms with Crippen LogP contribution in [0.3, 0.4) is 0 Å². The van der Waals surface area contributed by atoms with Crippen LogP contribution in [0.2, 0.25) is 0 Å². The molecule has 1 aliphatic rings. The van der Waals surface area contributed by atoms with E-state index in [1.165, 1.54) is 0 Å². The highest BCUT2D eigenvalue weighted by Crippen LogP contribution is 2.33. The molecule has 1 aliphatic carbocycles. The van der Waals surface area contributed by atoms with Gasteiger partial charge in [-0.25, -0.2) is 13.1 Å². The number of benzene rings is 1. The van der Waals surface area contributed by atoms with Crippen LogP contribution in [0.1, 0.15) is 38.7 Å². The zero-order valence-electron chi connectivity index (χ0n) is 12.5. The fraction of sp³-hybridized carbons (Fsp3) is 0.600. The minimum atomic E-state index is -3.47. The molecule has 21 heavy (non-hydrogen) atoms. The first-order valence-corrected chi connectivity index (χ1v) is 9.73. The number of nitrogens with one attached hydrogen (secondary N) is 2. The van der Waals surface area contributed by atoms with Crippen molar-refractivity contribution in [2.24, 2.45) is 5.92 Å². The molecule has 2 N–H and O–H groups in total. The third kappa shape index (κ3) is 4.77. The Morgan fingerprint density at radius 2 is 2.10 bits per heavy atom. The van der Waals surface area contributed by atoms with E-state index in [1.54, 1.807) is 12.1 Å². The lowest BCUT2D eigenvalue weighted by atomic mass is 10.2. The first-order chi connectivity index (χ1) is 9.94. The van der Waals surface area contributed by atoms with Crippen molar-refractivity contribution >= 4 is 26.0 Å². The van der Waals surface area contributed by atoms with Crippen molar-refractivity contribution in [3.63, 3.8) is 0 Å². The number of hydrogen-bond acceptors (Lipinski definition) is 3. The fourth-order valence-electron chi connectivity index (χ4n) is 2.27. The molecule has 0 aromatic heterocycles. The largest absolute Gasteiger partial charge is 0.313 e. The van der Waals surface area contributed by atoms with Crippen molar-refractivity contribution in [2.75, 3.05) is 6.54 Å². The summed E-state index contributed by atoms with van der Waals surface area (Å²) in [4.78, 5) is 0.325. The van der Waals surface area contributed by atoms with E-state index in [9.17, 15) is 8.42 Å². The summed E-state index contributed by atoms with van der Waals surface area (Å²) in [6.45, 7) is 5.65. The molecule has 1 aromatic carbocycles. The van der Waals surface area contributed by atoms with E-state index in [0.29, 0.717) is 21.8 Å². The van der Waals surface area contributed by atoms with Crippen LogP contribution < -0.4 is 10.0 Å². The molecule has 0 bridgehead atoms. The highest BCUT2D eigenvalue weighted by atomic mass is 79.9. The molecular formula is C15H23BrN2O2S. The van der Waals surface area contributed by atoms with Gasteiger partial charge in [-0.2, -0.15) is 0 Å². The maximum Gasteiger partial charge on any atom is 0.241 e. The van der Waals surface area contributed by atoms with Crippen LogP contribution in [0.5, 0.6) is 0 Å². The van der Waals surface area contributed by atoms with Gasteiger partial charge in [0.05, 0.1) is 4.90 Å². The Hall–Kier alpha value is -0.430. The molecule has 0 radical (unpaired) electrons. The van der Waals surface area contributed by atoms with E-state index in [4.69, 9.17) is 0 Å². The molecule has 0 aliphatic heterocycles. The van der Waals surface area contributed by atoms with Gasteiger partial charge in [-0.3, -0.25) is 0 Å². The average molecular weight is 375 g/mol. The summed E-state index contributed by atoms with van der Waals surface area (Å²) in [5.41, 5.74) is 0.978. The second kappa shape index (κ2) is 7.22. The summed E-state index contributed by atoms with van der Waals surface area (Å²) in [7, 11) is -3.47. The third-order valence-corrected chi connectivity index (χ3v) is 6.26. The Kier molecular flexibility index (Phi) is 5.82. The molecule has 6 heteroatoms. The smallest absolute Gasteiger partial charge is 0.241 e. The lowest BCUT2D eigenvalue weighted by Crippen LogP contribution is -2.34. The molecule has 118 valence electrons. The second-order valence-corrected chi connectivity index (χ2v) is 8.23. The second-order valence-electron chi connectivity index (χ2n) is 5.69. The van der Waals surface area contributed by atoms with Crippen LogP contribution in [0.4, 0.5) is 0 Å². The lowest BCUT2D eigenvalue weighted by Gasteiger charge is -2.15. The number of halogens is 1. The van der Waals surface area contributed by atoms with Gasteiger partial charge in [0.1, 0.15) is 0 Å². The lowest BCUT2D eigenvalue weighted by molar-refractivity contribution is 0.537. The summed E-state index contributed by atoms with van der Waals surface area (Å²) in [5, 5.41) is 3.29. The van der Waals surface area contributed by atoms with E-state index in [0.717, 1.165) is 31.4 Å². The van der Waals surface area contributed by atoms with Crippen LogP contribution in [-0.2, 0) is 16.6 Å². The molecule has 1 saturated carbocycles. The summed E-state index contributed by atoms with van der Waals surface area (Å²) in [6, 6.07) is 5.49. The summed E-state index contributed by atoms with van der Waals surface area (Å²) < 4.78 is 28.4. The molecule has 1 atom stereocenters. The van der Waals surface area contributed by atoms with Gasteiger partial charge in [0.25, 0.3) is 0 Å². The Morgan fingerprint density at radius 1 is 1.38 bits per heavy atom. The SMILES string of the molecule is CCCNCc1ccc(Br)c(S(=O)(=O)NC(C)C2CC2)c1. The first-order valence-electron chi connectivity index (χ1n) is 7.45. The van der Waals surface area contributed by atoms with Gasteiger partial charge in [-0.05, 0) is 72.3 Å². The topological polar surface area (TPSA) is 58.2 Å². The maximum absolute atomic E-state index is 12.5. The van der Waals surface area contributed by atoms with Crippen LogP contribution in [0.15, 0.2) is 27.6 Å². The molecule has 2 rings (SSSR count). The van der Waals surface area contributed by atoms with Crippen LogP contribution in [0, 0.1) is 5.92 Å². The average Bonchev–Trinajstić information content (AvgIpc) is 3.24.